The van der Waals surface area contributed by atoms with Crippen LogP contribution in [0.1, 0.15) is 48.8 Å². The molecule has 0 radical (unpaired) electrons. The molecule has 0 saturated carbocycles. The third kappa shape index (κ3) is 11.0. The van der Waals surface area contributed by atoms with Crippen LogP contribution in [0.4, 0.5) is 0 Å². The largest absolute Gasteiger partial charge is 0.496 e. The zero-order valence-corrected chi connectivity index (χ0v) is 27.9. The van der Waals surface area contributed by atoms with Gasteiger partial charge in [0.25, 0.3) is 11.8 Å². The molecular formula is C32H38N2O13S. The first-order chi connectivity index (χ1) is 22.9. The smallest absolute Gasteiger partial charge is 0.333 e. The van der Waals surface area contributed by atoms with Gasteiger partial charge < -0.3 is 33.8 Å². The fraction of sp³-hybridized carbons (Fsp3) is 0.406. The number of hydroxylamine groups is 2. The Morgan fingerprint density at radius 2 is 1.50 bits per heavy atom. The summed E-state index contributed by atoms with van der Waals surface area (Å²) in [6.07, 6.45) is 1.04. The van der Waals surface area contributed by atoms with Crippen molar-refractivity contribution in [3.63, 3.8) is 0 Å². The Balaban J connectivity index is 1.48. The van der Waals surface area contributed by atoms with E-state index in [0.717, 1.165) is 5.41 Å². The minimum atomic E-state index is -3.79. The number of carbonyl (C=O) groups is 5. The highest BCUT2D eigenvalue weighted by molar-refractivity contribution is 7.93. The van der Waals surface area contributed by atoms with E-state index in [1.807, 2.05) is 0 Å². The van der Waals surface area contributed by atoms with Crippen LogP contribution in [0.3, 0.4) is 0 Å². The number of imide groups is 1. The molecule has 0 bridgehead atoms. The van der Waals surface area contributed by atoms with Gasteiger partial charge in [-0.05, 0) is 24.1 Å². The van der Waals surface area contributed by atoms with Crippen molar-refractivity contribution in [1.82, 2.24) is 10.4 Å². The fourth-order valence-electron chi connectivity index (χ4n) is 4.56. The lowest BCUT2D eigenvalue weighted by Crippen LogP contribution is -2.32. The summed E-state index contributed by atoms with van der Waals surface area (Å²) in [5, 5.41) is 4.06. The van der Waals surface area contributed by atoms with Crippen LogP contribution in [0.5, 0.6) is 23.0 Å². The summed E-state index contributed by atoms with van der Waals surface area (Å²) >= 11 is 0. The number of hydrogen-bond acceptors (Lipinski definition) is 13. The molecular weight excluding hydrogens is 652 g/mol. The summed E-state index contributed by atoms with van der Waals surface area (Å²) in [6.45, 7) is -0.122. The molecule has 3 rings (SSSR count). The van der Waals surface area contributed by atoms with E-state index >= 15 is 0 Å². The van der Waals surface area contributed by atoms with Gasteiger partial charge in [0.1, 0.15) is 29.6 Å². The van der Waals surface area contributed by atoms with E-state index < -0.39 is 39.5 Å². The summed E-state index contributed by atoms with van der Waals surface area (Å²) in [4.78, 5) is 64.1. The molecule has 3 amide bonds. The minimum absolute atomic E-state index is 0.0112. The average Bonchev–Trinajstić information content (AvgIpc) is 3.37. The molecule has 15 nitrogen and oxygen atoms in total. The summed E-state index contributed by atoms with van der Waals surface area (Å²) in [5.41, 5.74) is 1.23. The van der Waals surface area contributed by atoms with Crippen LogP contribution < -0.4 is 24.3 Å². The Labute approximate surface area is 277 Å². The van der Waals surface area contributed by atoms with Crippen LogP contribution in [0.2, 0.25) is 0 Å². The topological polar surface area (TPSA) is 190 Å². The van der Waals surface area contributed by atoms with Gasteiger partial charge in [0, 0.05) is 48.8 Å². The highest BCUT2D eigenvalue weighted by atomic mass is 32.2. The lowest BCUT2D eigenvalue weighted by Gasteiger charge is -2.13. The third-order valence-electron chi connectivity index (χ3n) is 6.91. The number of esters is 1. The molecule has 2 aromatic rings. The molecule has 0 aromatic heterocycles. The van der Waals surface area contributed by atoms with E-state index in [9.17, 15) is 32.4 Å². The number of hydrogen-bond donors (Lipinski definition) is 1. The van der Waals surface area contributed by atoms with Crippen molar-refractivity contribution in [2.24, 2.45) is 0 Å². The van der Waals surface area contributed by atoms with Gasteiger partial charge in [-0.15, -0.1) is 5.06 Å². The van der Waals surface area contributed by atoms with Crippen LogP contribution in [0, 0.1) is 0 Å². The third-order valence-corrected chi connectivity index (χ3v) is 8.20. The maximum atomic E-state index is 13.0. The second kappa shape index (κ2) is 17.7. The number of sulfone groups is 1. The minimum Gasteiger partial charge on any atom is -0.496 e. The maximum Gasteiger partial charge on any atom is 0.333 e. The maximum absolute atomic E-state index is 13.0. The lowest BCUT2D eigenvalue weighted by atomic mass is 10.1. The van der Waals surface area contributed by atoms with Gasteiger partial charge in [-0.3, -0.25) is 19.2 Å². The number of nitrogens with zero attached hydrogens (tertiary/aromatic N) is 1. The van der Waals surface area contributed by atoms with Crippen molar-refractivity contribution >= 4 is 45.6 Å². The van der Waals surface area contributed by atoms with Gasteiger partial charge in [-0.25, -0.2) is 13.2 Å². The predicted molar refractivity (Wildman–Crippen MR) is 169 cm³/mol. The Bertz CT molecular complexity index is 1610. The number of carbonyl (C=O) groups excluding carboxylic acids is 5. The summed E-state index contributed by atoms with van der Waals surface area (Å²) < 4.78 is 52.5. The predicted octanol–water partition coefficient (Wildman–Crippen LogP) is 2.29. The van der Waals surface area contributed by atoms with Gasteiger partial charge in [0.15, 0.2) is 9.84 Å². The zero-order chi connectivity index (χ0) is 35.3. The molecule has 0 atom stereocenters. The van der Waals surface area contributed by atoms with Gasteiger partial charge in [-0.2, -0.15) is 0 Å². The Morgan fingerprint density at radius 3 is 2.10 bits per heavy atom. The van der Waals surface area contributed by atoms with Crippen molar-refractivity contribution in [1.29, 1.82) is 0 Å². The standard InChI is InChI=1S/C32H38N2O13S/c1-42-23-18-26(44-3)24(27(19-23)45-4)12-15-48(40,41)20-21-8-9-25(43-2)22(16-21)17-32(39)46-14-13-33-28(35)6-5-7-31(38)47-34-29(36)10-11-30(34)37/h8-9,12,15-16,18-19H,5-7,10-11,13-14,17,20H2,1-4H3,(H,33,35)/b15-12+. The van der Waals surface area contributed by atoms with Crippen molar-refractivity contribution in [2.45, 2.75) is 44.3 Å². The van der Waals surface area contributed by atoms with Gasteiger partial charge in [0.05, 0.1) is 52.7 Å². The molecule has 0 aliphatic carbocycles. The monoisotopic (exact) mass is 690 g/mol. The summed E-state index contributed by atoms with van der Waals surface area (Å²) in [5.74, 6) is -1.82. The second-order valence-corrected chi connectivity index (χ2v) is 12.2. The molecule has 1 heterocycles. The van der Waals surface area contributed by atoms with Gasteiger partial charge >= 0.3 is 11.9 Å². The quantitative estimate of drug-likeness (QED) is 0.136. The molecule has 2 aromatic carbocycles. The van der Waals surface area contributed by atoms with Crippen LogP contribution in [-0.4, -0.2) is 84.7 Å². The highest BCUT2D eigenvalue weighted by Crippen LogP contribution is 2.35. The molecule has 1 aliphatic heterocycles. The molecule has 1 saturated heterocycles. The van der Waals surface area contributed by atoms with E-state index in [1.54, 1.807) is 30.3 Å². The number of benzene rings is 2. The average molecular weight is 691 g/mol. The zero-order valence-electron chi connectivity index (χ0n) is 27.1. The van der Waals surface area contributed by atoms with Crippen LogP contribution in [-0.2, 0) is 55.6 Å². The van der Waals surface area contributed by atoms with Gasteiger partial charge in [0.2, 0.25) is 5.91 Å². The Morgan fingerprint density at radius 1 is 0.854 bits per heavy atom. The number of amides is 3. The summed E-state index contributed by atoms with van der Waals surface area (Å²) in [6, 6.07) is 7.89. The molecule has 48 heavy (non-hydrogen) atoms. The molecule has 16 heteroatoms. The molecule has 1 N–H and O–H groups in total. The number of methoxy groups -OCH3 is 4. The van der Waals surface area contributed by atoms with E-state index in [4.69, 9.17) is 28.5 Å². The summed E-state index contributed by atoms with van der Waals surface area (Å²) in [7, 11) is 2.00. The molecule has 0 spiro atoms. The Kier molecular flexibility index (Phi) is 13.8. The SMILES string of the molecule is COc1cc(OC)c(/C=C/S(=O)(=O)Cc2ccc(OC)c(CC(=O)OCCNC(=O)CCCC(=O)ON3C(=O)CCC3=O)c2)c(OC)c1. The van der Waals surface area contributed by atoms with Crippen molar-refractivity contribution in [3.05, 3.63) is 52.4 Å². The van der Waals surface area contributed by atoms with Crippen molar-refractivity contribution in [2.75, 3.05) is 41.6 Å². The first kappa shape index (κ1) is 37.3. The van der Waals surface area contributed by atoms with Crippen molar-refractivity contribution in [3.8, 4) is 23.0 Å². The van der Waals surface area contributed by atoms with Crippen LogP contribution in [0.25, 0.3) is 6.08 Å². The normalized spacial score (nSPS) is 13.0. The van der Waals surface area contributed by atoms with E-state index in [1.165, 1.54) is 34.5 Å². The number of rotatable bonds is 18. The van der Waals surface area contributed by atoms with Crippen LogP contribution >= 0.6 is 0 Å². The van der Waals surface area contributed by atoms with E-state index in [0.29, 0.717) is 44.8 Å². The van der Waals surface area contributed by atoms with E-state index in [-0.39, 0.29) is 57.4 Å². The van der Waals surface area contributed by atoms with Gasteiger partial charge in [-0.1, -0.05) is 12.1 Å². The molecule has 1 fully saturated rings. The number of ether oxygens (including phenoxy) is 5. The first-order valence-electron chi connectivity index (χ1n) is 14.7. The molecule has 0 unspecified atom stereocenters. The highest BCUT2D eigenvalue weighted by Gasteiger charge is 2.32. The number of nitrogens with one attached hydrogen (secondary N) is 1. The van der Waals surface area contributed by atoms with Crippen molar-refractivity contribution < 1.29 is 60.9 Å². The Hall–Kier alpha value is -5.12. The van der Waals surface area contributed by atoms with Crippen LogP contribution in [0.15, 0.2) is 35.7 Å². The van der Waals surface area contributed by atoms with E-state index in [2.05, 4.69) is 5.32 Å². The molecule has 260 valence electrons. The first-order valence-corrected chi connectivity index (χ1v) is 16.5. The second-order valence-electron chi connectivity index (χ2n) is 10.3. The molecule has 1 aliphatic rings. The lowest BCUT2D eigenvalue weighted by molar-refractivity contribution is -0.197. The fourth-order valence-corrected chi connectivity index (χ4v) is 5.64.